The molecule has 8 heteroatoms. The third-order valence-electron chi connectivity index (χ3n) is 4.26. The van der Waals surface area contributed by atoms with Crippen LogP contribution in [0.4, 0.5) is 4.39 Å². The molecule has 0 unspecified atom stereocenters. The van der Waals surface area contributed by atoms with Gasteiger partial charge in [0.25, 0.3) is 5.91 Å². The summed E-state index contributed by atoms with van der Waals surface area (Å²) in [7, 11) is 0. The molecule has 0 aliphatic carbocycles. The van der Waals surface area contributed by atoms with Gasteiger partial charge >= 0.3 is 0 Å². The molecule has 0 radical (unpaired) electrons. The lowest BCUT2D eigenvalue weighted by Crippen LogP contribution is -2.60. The number of rotatable bonds is 4. The minimum absolute atomic E-state index is 0.0823. The first kappa shape index (κ1) is 16.8. The first-order valence-electron chi connectivity index (χ1n) is 8.28. The number of carbonyl (C=O) groups excluding carboxylic acids is 1. The molecule has 1 aliphatic heterocycles. The Labute approximate surface area is 154 Å². The molecule has 3 heterocycles. The van der Waals surface area contributed by atoms with E-state index in [0.29, 0.717) is 11.6 Å². The summed E-state index contributed by atoms with van der Waals surface area (Å²) in [5, 5.41) is 17.0. The molecule has 0 N–H and O–H groups in total. The van der Waals surface area contributed by atoms with Crippen LogP contribution in [0.5, 0.6) is 0 Å². The molecule has 3 aromatic rings. The lowest BCUT2D eigenvalue weighted by Gasteiger charge is -2.39. The quantitative estimate of drug-likeness (QED) is 0.706. The second kappa shape index (κ2) is 6.61. The van der Waals surface area contributed by atoms with Crippen molar-refractivity contribution in [3.8, 4) is 17.3 Å². The molecular weight excluding hydrogens is 349 g/mol. The highest BCUT2D eigenvalue weighted by atomic mass is 19.1. The van der Waals surface area contributed by atoms with Gasteiger partial charge in [0.15, 0.2) is 5.69 Å². The first-order chi connectivity index (χ1) is 13.1. The molecule has 1 amide bonds. The van der Waals surface area contributed by atoms with Crippen LogP contribution < -0.4 is 0 Å². The summed E-state index contributed by atoms with van der Waals surface area (Å²) in [5.41, 5.74) is 0.493. The minimum atomic E-state index is -1.96. The number of carbonyl (C=O) groups is 1. The number of oxazole rings is 1. The highest BCUT2D eigenvalue weighted by Crippen LogP contribution is 2.26. The van der Waals surface area contributed by atoms with E-state index in [2.05, 4.69) is 15.2 Å². The summed E-state index contributed by atoms with van der Waals surface area (Å²) in [6.45, 7) is -0.506. The molecule has 27 heavy (non-hydrogen) atoms. The van der Waals surface area contributed by atoms with E-state index in [1.54, 1.807) is 6.07 Å². The fraction of sp³-hybridized carbons (Fsp3) is 0.211. The number of alkyl halides is 1. The zero-order valence-corrected chi connectivity index (χ0v) is 14.2. The van der Waals surface area contributed by atoms with E-state index < -0.39 is 11.6 Å². The Balaban J connectivity index is 1.41. The van der Waals surface area contributed by atoms with E-state index in [9.17, 15) is 9.18 Å². The molecule has 7 nitrogen and oxygen atoms in total. The third kappa shape index (κ3) is 3.40. The molecule has 1 saturated heterocycles. The number of hydrogen-bond acceptors (Lipinski definition) is 6. The summed E-state index contributed by atoms with van der Waals surface area (Å²) in [4.78, 5) is 17.6. The van der Waals surface area contributed by atoms with Crippen molar-refractivity contribution in [2.75, 3.05) is 13.1 Å². The molecule has 2 aromatic heterocycles. The second-order valence-electron chi connectivity index (χ2n) is 6.32. The first-order valence-corrected chi connectivity index (χ1v) is 8.28. The molecule has 1 fully saturated rings. The number of hydrogen-bond donors (Lipinski definition) is 0. The van der Waals surface area contributed by atoms with Gasteiger partial charge in [-0.25, -0.2) is 9.37 Å². The average molecular weight is 363 g/mol. The molecule has 0 atom stereocenters. The van der Waals surface area contributed by atoms with Gasteiger partial charge in [-0.1, -0.05) is 30.3 Å². The summed E-state index contributed by atoms with van der Waals surface area (Å²) in [5.74, 6) is -0.147. The molecule has 4 rings (SSSR count). The Morgan fingerprint density at radius 2 is 2.00 bits per heavy atom. The molecule has 1 aliphatic rings. The van der Waals surface area contributed by atoms with E-state index in [-0.39, 0.29) is 25.2 Å². The van der Waals surface area contributed by atoms with Gasteiger partial charge in [0, 0.05) is 5.56 Å². The van der Waals surface area contributed by atoms with Gasteiger partial charge in [-0.2, -0.15) is 15.5 Å². The van der Waals surface area contributed by atoms with E-state index in [1.165, 1.54) is 11.2 Å². The smallest absolute Gasteiger partial charge is 0.276 e. The topological polar surface area (TPSA) is 95.9 Å². The summed E-state index contributed by atoms with van der Waals surface area (Å²) < 4.78 is 18.9. The number of benzene rings is 1. The predicted molar refractivity (Wildman–Crippen MR) is 92.1 cm³/mol. The second-order valence-corrected chi connectivity index (χ2v) is 6.32. The van der Waals surface area contributed by atoms with E-state index in [1.807, 2.05) is 42.5 Å². The maximum atomic E-state index is 13.6. The molecule has 0 spiro atoms. The molecule has 1 aromatic carbocycles. The van der Waals surface area contributed by atoms with Crippen molar-refractivity contribution in [1.29, 1.82) is 5.26 Å². The van der Waals surface area contributed by atoms with Crippen molar-refractivity contribution < 1.29 is 13.6 Å². The lowest BCUT2D eigenvalue weighted by molar-refractivity contribution is 0.0119. The number of halogens is 1. The van der Waals surface area contributed by atoms with Gasteiger partial charge in [0.1, 0.15) is 12.3 Å². The highest BCUT2D eigenvalue weighted by molar-refractivity contribution is 5.92. The van der Waals surface area contributed by atoms with Crippen LogP contribution in [0.3, 0.4) is 0 Å². The predicted octanol–water partition coefficient (Wildman–Crippen LogP) is 2.41. The number of likely N-dealkylation sites (tertiary alicyclic amines) is 1. The van der Waals surface area contributed by atoms with E-state index in [4.69, 9.17) is 9.68 Å². The molecule has 0 saturated carbocycles. The number of aromatic nitrogens is 3. The average Bonchev–Trinajstić information content (AvgIpc) is 3.15. The molecule has 134 valence electrons. The Kier molecular flexibility index (Phi) is 4.12. The van der Waals surface area contributed by atoms with Gasteiger partial charge in [-0.05, 0) is 12.1 Å². The fourth-order valence-electron chi connectivity index (χ4n) is 2.80. The van der Waals surface area contributed by atoms with Crippen LogP contribution in [0.25, 0.3) is 11.3 Å². The van der Waals surface area contributed by atoms with Crippen molar-refractivity contribution in [2.24, 2.45) is 0 Å². The summed E-state index contributed by atoms with van der Waals surface area (Å²) in [6, 6.07) is 14.9. The Hall–Kier alpha value is -3.60. The van der Waals surface area contributed by atoms with Gasteiger partial charge in [-0.15, -0.1) is 0 Å². The Bertz CT molecular complexity index is 1000. The van der Waals surface area contributed by atoms with Crippen LogP contribution >= 0.6 is 0 Å². The monoisotopic (exact) mass is 363 g/mol. The van der Waals surface area contributed by atoms with Crippen molar-refractivity contribution in [2.45, 2.75) is 12.1 Å². The zero-order chi connectivity index (χ0) is 18.9. The fourth-order valence-corrected chi connectivity index (χ4v) is 2.80. The van der Waals surface area contributed by atoms with Gasteiger partial charge in [-0.3, -0.25) is 4.79 Å². The Morgan fingerprint density at radius 3 is 2.67 bits per heavy atom. The van der Waals surface area contributed by atoms with Crippen LogP contribution in [-0.4, -0.2) is 44.7 Å². The van der Waals surface area contributed by atoms with Crippen molar-refractivity contribution >= 4 is 5.91 Å². The number of nitrogens with zero attached hydrogens (tertiary/aromatic N) is 5. The number of amides is 1. The number of nitriles is 1. The van der Waals surface area contributed by atoms with Crippen LogP contribution in [-0.2, 0) is 6.42 Å². The minimum Gasteiger partial charge on any atom is -0.448 e. The van der Waals surface area contributed by atoms with Crippen LogP contribution in [0.15, 0.2) is 53.1 Å². The molecular formula is C19H14FN5O2. The van der Waals surface area contributed by atoms with Gasteiger partial charge < -0.3 is 9.32 Å². The normalized spacial score (nSPS) is 15.0. The van der Waals surface area contributed by atoms with Gasteiger partial charge in [0.2, 0.25) is 11.6 Å². The highest BCUT2D eigenvalue weighted by Gasteiger charge is 2.47. The van der Waals surface area contributed by atoms with Gasteiger partial charge in [0.05, 0.1) is 30.9 Å². The van der Waals surface area contributed by atoms with Crippen molar-refractivity contribution in [3.63, 3.8) is 0 Å². The maximum absolute atomic E-state index is 13.6. The van der Waals surface area contributed by atoms with Crippen LogP contribution in [0.1, 0.15) is 22.1 Å². The Morgan fingerprint density at radius 1 is 1.22 bits per heavy atom. The van der Waals surface area contributed by atoms with Crippen LogP contribution in [0, 0.1) is 11.3 Å². The summed E-state index contributed by atoms with van der Waals surface area (Å²) in [6.07, 6.45) is 1.51. The standard InChI is InChI=1S/C19H14FN5O2/c20-19(10-21)11-25(12-19)18(26)16-9-27-17(22-16)8-14-6-7-15(24-23-14)13-4-2-1-3-5-13/h1-7,9H,8,11-12H2. The maximum Gasteiger partial charge on any atom is 0.276 e. The van der Waals surface area contributed by atoms with Crippen LogP contribution in [0.2, 0.25) is 0 Å². The zero-order valence-electron chi connectivity index (χ0n) is 14.2. The lowest BCUT2D eigenvalue weighted by atomic mass is 9.98. The summed E-state index contributed by atoms with van der Waals surface area (Å²) >= 11 is 0. The van der Waals surface area contributed by atoms with E-state index in [0.717, 1.165) is 11.3 Å². The molecule has 0 bridgehead atoms. The largest absolute Gasteiger partial charge is 0.448 e. The van der Waals surface area contributed by atoms with E-state index >= 15 is 0 Å². The third-order valence-corrected chi connectivity index (χ3v) is 4.26. The van der Waals surface area contributed by atoms with Crippen molar-refractivity contribution in [1.82, 2.24) is 20.1 Å². The SMILES string of the molecule is N#CC1(F)CN(C(=O)c2coc(Cc3ccc(-c4ccccc4)nn3)n2)C1. The van der Waals surface area contributed by atoms with Crippen molar-refractivity contribution in [3.05, 3.63) is 66.0 Å².